The van der Waals surface area contributed by atoms with Gasteiger partial charge in [-0.15, -0.1) is 10.2 Å². The summed E-state index contributed by atoms with van der Waals surface area (Å²) in [4.78, 5) is 13.1. The molecule has 26 heavy (non-hydrogen) atoms. The first-order chi connectivity index (χ1) is 12.7. The number of methoxy groups -OCH3 is 1. The van der Waals surface area contributed by atoms with Gasteiger partial charge in [0.15, 0.2) is 11.2 Å². The molecule has 0 fully saturated rings. The van der Waals surface area contributed by atoms with E-state index in [9.17, 15) is 0 Å². The molecule has 0 spiro atoms. The van der Waals surface area contributed by atoms with E-state index in [4.69, 9.17) is 9.47 Å². The molecule has 8 nitrogen and oxygen atoms in total. The van der Waals surface area contributed by atoms with E-state index in [0.717, 1.165) is 25.1 Å². The second kappa shape index (κ2) is 8.37. The smallest absolute Gasteiger partial charge is 0.274 e. The predicted octanol–water partition coefficient (Wildman–Crippen LogP) is 4.45. The Kier molecular flexibility index (Phi) is 5.73. The van der Waals surface area contributed by atoms with E-state index in [1.165, 1.54) is 0 Å². The minimum atomic E-state index is 0.237. The van der Waals surface area contributed by atoms with Crippen molar-refractivity contribution in [1.29, 1.82) is 0 Å². The monoisotopic (exact) mass is 354 g/mol. The number of hydrogen-bond acceptors (Lipinski definition) is 7. The maximum atomic E-state index is 5.42. The number of imidazole rings is 1. The Balaban J connectivity index is 1.88. The fourth-order valence-electron chi connectivity index (χ4n) is 2.46. The molecule has 1 aromatic carbocycles. The van der Waals surface area contributed by atoms with Gasteiger partial charge in [-0.2, -0.15) is 9.97 Å². The highest BCUT2D eigenvalue weighted by Gasteiger charge is 2.13. The minimum Gasteiger partial charge on any atom is -0.494 e. The van der Waals surface area contributed by atoms with Crippen molar-refractivity contribution >= 4 is 22.8 Å². The molecule has 0 aliphatic carbocycles. The van der Waals surface area contributed by atoms with Crippen molar-refractivity contribution in [1.82, 2.24) is 19.5 Å². The molecule has 0 unspecified atom stereocenters. The van der Waals surface area contributed by atoms with Crippen LogP contribution < -0.4 is 9.47 Å². The van der Waals surface area contributed by atoms with E-state index in [0.29, 0.717) is 29.3 Å². The number of nitrogens with zero attached hydrogens (tertiary/aromatic N) is 6. The third kappa shape index (κ3) is 3.96. The third-order valence-corrected chi connectivity index (χ3v) is 3.77. The number of fused-ring (bicyclic) bond motifs is 1. The zero-order chi connectivity index (χ0) is 18.4. The highest BCUT2D eigenvalue weighted by Crippen LogP contribution is 2.25. The fourth-order valence-corrected chi connectivity index (χ4v) is 2.46. The molecule has 2 heterocycles. The molecule has 0 N–H and O–H groups in total. The Bertz CT molecular complexity index is 889. The van der Waals surface area contributed by atoms with E-state index in [-0.39, 0.29) is 5.95 Å². The zero-order valence-corrected chi connectivity index (χ0v) is 15.2. The maximum Gasteiger partial charge on any atom is 0.274 e. The number of azo groups is 1. The molecule has 136 valence electrons. The van der Waals surface area contributed by atoms with Crippen LogP contribution in [0.2, 0.25) is 0 Å². The van der Waals surface area contributed by atoms with Gasteiger partial charge >= 0.3 is 0 Å². The summed E-state index contributed by atoms with van der Waals surface area (Å²) >= 11 is 0. The van der Waals surface area contributed by atoms with Gasteiger partial charge in [0.1, 0.15) is 5.75 Å². The van der Waals surface area contributed by atoms with Gasteiger partial charge in [-0.05, 0) is 37.6 Å². The molecule has 3 rings (SSSR count). The van der Waals surface area contributed by atoms with Crippen LogP contribution in [0.25, 0.3) is 11.2 Å². The number of benzene rings is 1. The predicted molar refractivity (Wildman–Crippen MR) is 98.6 cm³/mol. The number of unbranched alkanes of at least 4 members (excludes halogenated alkanes) is 1. The molecule has 0 saturated heterocycles. The fraction of sp³-hybridized carbons (Fsp3) is 0.389. The van der Waals surface area contributed by atoms with Gasteiger partial charge in [-0.3, -0.25) is 0 Å². The number of hydrogen-bond donors (Lipinski definition) is 0. The van der Waals surface area contributed by atoms with Gasteiger partial charge in [-0.25, -0.2) is 4.98 Å². The number of rotatable bonds is 8. The Morgan fingerprint density at radius 3 is 2.58 bits per heavy atom. The second-order valence-electron chi connectivity index (χ2n) is 5.62. The van der Waals surface area contributed by atoms with Crippen molar-refractivity contribution in [2.24, 2.45) is 10.2 Å². The van der Waals surface area contributed by atoms with Crippen LogP contribution in [-0.2, 0) is 6.54 Å². The molecule has 2 aromatic heterocycles. The molecule has 0 aliphatic rings. The lowest BCUT2D eigenvalue weighted by atomic mass is 10.3. The van der Waals surface area contributed by atoms with Crippen LogP contribution in [0.5, 0.6) is 11.6 Å². The van der Waals surface area contributed by atoms with Crippen molar-refractivity contribution in [2.75, 3.05) is 13.7 Å². The Morgan fingerprint density at radius 1 is 1.08 bits per heavy atom. The molecule has 0 aliphatic heterocycles. The minimum absolute atomic E-state index is 0.237. The summed E-state index contributed by atoms with van der Waals surface area (Å²) in [6, 6.07) is 7.36. The lowest BCUT2D eigenvalue weighted by Crippen LogP contribution is -1.99. The Labute approximate surface area is 151 Å². The number of ether oxygens (including phenoxy) is 2. The zero-order valence-electron chi connectivity index (χ0n) is 15.2. The van der Waals surface area contributed by atoms with Crippen LogP contribution in [-0.4, -0.2) is 33.2 Å². The summed E-state index contributed by atoms with van der Waals surface area (Å²) < 4.78 is 12.7. The van der Waals surface area contributed by atoms with E-state index in [1.54, 1.807) is 13.4 Å². The summed E-state index contributed by atoms with van der Waals surface area (Å²) in [7, 11) is 1.56. The van der Waals surface area contributed by atoms with E-state index < -0.39 is 0 Å². The maximum absolute atomic E-state index is 5.42. The Hall–Kier alpha value is -3.03. The standard InChI is InChI=1S/C18H22N6O2/c1-4-6-11-24-12-19-15-16(24)20-18(21-17(15)25-3)23-22-13-7-9-14(10-8-13)26-5-2/h7-10,12H,4-6,11H2,1-3H3/b23-22+. The molecular weight excluding hydrogens is 332 g/mol. The van der Waals surface area contributed by atoms with Crippen molar-refractivity contribution in [3.8, 4) is 11.6 Å². The highest BCUT2D eigenvalue weighted by atomic mass is 16.5. The molecule has 0 saturated carbocycles. The van der Waals surface area contributed by atoms with Gasteiger partial charge < -0.3 is 14.0 Å². The van der Waals surface area contributed by atoms with Gasteiger partial charge in [0.05, 0.1) is 25.7 Å². The second-order valence-corrected chi connectivity index (χ2v) is 5.62. The van der Waals surface area contributed by atoms with Gasteiger partial charge in [0.2, 0.25) is 5.88 Å². The van der Waals surface area contributed by atoms with E-state index in [1.807, 2.05) is 35.8 Å². The lowest BCUT2D eigenvalue weighted by molar-refractivity contribution is 0.340. The summed E-state index contributed by atoms with van der Waals surface area (Å²) in [6.45, 7) is 5.55. The third-order valence-electron chi connectivity index (χ3n) is 3.77. The van der Waals surface area contributed by atoms with Crippen LogP contribution >= 0.6 is 0 Å². The van der Waals surface area contributed by atoms with E-state index in [2.05, 4.69) is 32.1 Å². The van der Waals surface area contributed by atoms with Gasteiger partial charge in [0, 0.05) is 6.54 Å². The first-order valence-corrected chi connectivity index (χ1v) is 8.66. The summed E-state index contributed by atoms with van der Waals surface area (Å²) in [6.07, 6.45) is 3.89. The molecule has 0 radical (unpaired) electrons. The highest BCUT2D eigenvalue weighted by molar-refractivity contribution is 5.77. The molecular formula is C18H22N6O2. The molecule has 8 heteroatoms. The Morgan fingerprint density at radius 2 is 1.88 bits per heavy atom. The van der Waals surface area contributed by atoms with Crippen molar-refractivity contribution < 1.29 is 9.47 Å². The summed E-state index contributed by atoms with van der Waals surface area (Å²) in [5.41, 5.74) is 2.02. The number of aromatic nitrogens is 4. The van der Waals surface area contributed by atoms with Crippen LogP contribution in [0.3, 0.4) is 0 Å². The van der Waals surface area contributed by atoms with Crippen molar-refractivity contribution in [2.45, 2.75) is 33.2 Å². The van der Waals surface area contributed by atoms with Crippen LogP contribution in [0.1, 0.15) is 26.7 Å². The summed E-state index contributed by atoms with van der Waals surface area (Å²) in [5, 5.41) is 8.35. The topological polar surface area (TPSA) is 86.8 Å². The molecule has 0 atom stereocenters. The van der Waals surface area contributed by atoms with Gasteiger partial charge in [-0.1, -0.05) is 13.3 Å². The first-order valence-electron chi connectivity index (χ1n) is 8.66. The molecule has 0 amide bonds. The van der Waals surface area contributed by atoms with Crippen LogP contribution in [0, 0.1) is 0 Å². The quantitative estimate of drug-likeness (QED) is 0.558. The van der Waals surface area contributed by atoms with Crippen LogP contribution in [0.4, 0.5) is 11.6 Å². The van der Waals surface area contributed by atoms with Crippen LogP contribution in [0.15, 0.2) is 40.8 Å². The largest absolute Gasteiger partial charge is 0.494 e. The SMILES string of the molecule is CCCCn1cnc2c(OC)nc(/N=N/c3ccc(OCC)cc3)nc21. The number of aryl methyl sites for hydroxylation is 1. The first kappa shape index (κ1) is 17.8. The average molecular weight is 354 g/mol. The summed E-state index contributed by atoms with van der Waals surface area (Å²) in [5.74, 6) is 1.43. The van der Waals surface area contributed by atoms with Gasteiger partial charge in [0.25, 0.3) is 5.95 Å². The lowest BCUT2D eigenvalue weighted by Gasteiger charge is -2.04. The molecule has 3 aromatic rings. The van der Waals surface area contributed by atoms with Crippen molar-refractivity contribution in [3.05, 3.63) is 30.6 Å². The normalized spacial score (nSPS) is 11.3. The average Bonchev–Trinajstić information content (AvgIpc) is 3.08. The molecule has 0 bridgehead atoms. The van der Waals surface area contributed by atoms with E-state index >= 15 is 0 Å². The van der Waals surface area contributed by atoms with Crippen molar-refractivity contribution in [3.63, 3.8) is 0 Å².